The van der Waals surface area contributed by atoms with Crippen molar-refractivity contribution in [3.05, 3.63) is 29.8 Å². The molecule has 0 spiro atoms. The van der Waals surface area contributed by atoms with Crippen molar-refractivity contribution in [2.75, 3.05) is 6.54 Å². The summed E-state index contributed by atoms with van der Waals surface area (Å²) in [5.74, 6) is 0.292. The summed E-state index contributed by atoms with van der Waals surface area (Å²) in [5.41, 5.74) is 0.458. The van der Waals surface area contributed by atoms with Crippen LogP contribution in [0.3, 0.4) is 0 Å². The van der Waals surface area contributed by atoms with E-state index in [1.165, 1.54) is 12.1 Å². The summed E-state index contributed by atoms with van der Waals surface area (Å²) in [5, 5.41) is 21.1. The molecule has 0 radical (unpaired) electrons. The number of aromatic hydroxyl groups is 1. The minimum atomic E-state index is -0.192. The molecule has 1 aliphatic rings. The Morgan fingerprint density at radius 1 is 1.44 bits per heavy atom. The number of hydrogen-bond donors (Lipinski definition) is 3. The second kappa shape index (κ2) is 4.53. The molecule has 1 aromatic carbocycles. The fraction of sp³-hybridized carbons (Fsp3) is 0.417. The lowest BCUT2D eigenvalue weighted by molar-refractivity contribution is 0.0420. The van der Waals surface area contributed by atoms with Gasteiger partial charge in [-0.3, -0.25) is 4.79 Å². The van der Waals surface area contributed by atoms with Crippen molar-refractivity contribution in [1.82, 2.24) is 5.32 Å². The maximum absolute atomic E-state index is 11.6. The number of nitrogens with one attached hydrogen (secondary N) is 1. The van der Waals surface area contributed by atoms with Gasteiger partial charge in [0.1, 0.15) is 5.75 Å². The largest absolute Gasteiger partial charge is 0.508 e. The number of carbonyl (C=O) groups is 1. The minimum absolute atomic E-state index is 0.0896. The van der Waals surface area contributed by atoms with Gasteiger partial charge in [-0.15, -0.1) is 0 Å². The highest BCUT2D eigenvalue weighted by molar-refractivity contribution is 5.94. The van der Waals surface area contributed by atoms with Crippen LogP contribution in [0.15, 0.2) is 24.3 Å². The van der Waals surface area contributed by atoms with E-state index >= 15 is 0 Å². The molecule has 0 atom stereocenters. The number of hydrogen-bond acceptors (Lipinski definition) is 3. The number of aliphatic hydroxyl groups excluding tert-OH is 1. The van der Waals surface area contributed by atoms with Gasteiger partial charge in [-0.1, -0.05) is 6.07 Å². The van der Waals surface area contributed by atoms with Gasteiger partial charge in [0.15, 0.2) is 0 Å². The van der Waals surface area contributed by atoms with E-state index in [1.54, 1.807) is 12.1 Å². The first-order valence-electron chi connectivity index (χ1n) is 5.40. The highest BCUT2D eigenvalue weighted by atomic mass is 16.3. The number of phenolic OH excluding ortho intramolecular Hbond substituents is 1. The van der Waals surface area contributed by atoms with Crippen molar-refractivity contribution in [3.63, 3.8) is 0 Å². The number of amides is 1. The van der Waals surface area contributed by atoms with Gasteiger partial charge in [0.25, 0.3) is 5.91 Å². The number of rotatable bonds is 3. The Labute approximate surface area is 93.9 Å². The van der Waals surface area contributed by atoms with Crippen LogP contribution in [0, 0.1) is 5.92 Å². The average Bonchev–Trinajstić information content (AvgIpc) is 2.22. The Morgan fingerprint density at radius 2 is 2.19 bits per heavy atom. The normalized spacial score (nSPS) is 23.6. The van der Waals surface area contributed by atoms with Crippen molar-refractivity contribution in [1.29, 1.82) is 0 Å². The summed E-state index contributed by atoms with van der Waals surface area (Å²) in [6, 6.07) is 6.26. The number of benzene rings is 1. The highest BCUT2D eigenvalue weighted by Gasteiger charge is 2.27. The molecule has 0 aromatic heterocycles. The van der Waals surface area contributed by atoms with Crippen LogP contribution in [0.5, 0.6) is 5.75 Å². The van der Waals surface area contributed by atoms with E-state index in [0.29, 0.717) is 18.0 Å². The fourth-order valence-corrected chi connectivity index (χ4v) is 1.85. The van der Waals surface area contributed by atoms with Gasteiger partial charge < -0.3 is 15.5 Å². The van der Waals surface area contributed by atoms with Crippen LogP contribution in [0.25, 0.3) is 0 Å². The molecule has 4 heteroatoms. The summed E-state index contributed by atoms with van der Waals surface area (Å²) in [6.45, 7) is 0.589. The van der Waals surface area contributed by atoms with Crippen LogP contribution >= 0.6 is 0 Å². The zero-order chi connectivity index (χ0) is 11.5. The number of phenols is 1. The average molecular weight is 221 g/mol. The van der Waals surface area contributed by atoms with Gasteiger partial charge in [-0.25, -0.2) is 0 Å². The first-order valence-corrected chi connectivity index (χ1v) is 5.40. The molecule has 16 heavy (non-hydrogen) atoms. The zero-order valence-corrected chi connectivity index (χ0v) is 8.89. The van der Waals surface area contributed by atoms with E-state index in [1.807, 2.05) is 0 Å². The predicted octanol–water partition coefficient (Wildman–Crippen LogP) is 0.893. The zero-order valence-electron chi connectivity index (χ0n) is 8.89. The molecule has 86 valence electrons. The molecule has 1 amide bonds. The van der Waals surface area contributed by atoms with E-state index in [9.17, 15) is 9.90 Å². The molecule has 0 bridgehead atoms. The molecule has 0 unspecified atom stereocenters. The maximum atomic E-state index is 11.6. The maximum Gasteiger partial charge on any atom is 0.251 e. The molecule has 0 aliphatic heterocycles. The lowest BCUT2D eigenvalue weighted by atomic mass is 9.82. The molecule has 1 aromatic rings. The molecule has 0 saturated heterocycles. The second-order valence-corrected chi connectivity index (χ2v) is 4.25. The van der Waals surface area contributed by atoms with Crippen LogP contribution in [0.4, 0.5) is 0 Å². The molecule has 1 aliphatic carbocycles. The Kier molecular flexibility index (Phi) is 3.10. The van der Waals surface area contributed by atoms with Crippen LogP contribution in [0.1, 0.15) is 23.2 Å². The smallest absolute Gasteiger partial charge is 0.251 e. The van der Waals surface area contributed by atoms with Gasteiger partial charge in [-0.2, -0.15) is 0 Å². The highest BCUT2D eigenvalue weighted by Crippen LogP contribution is 2.26. The van der Waals surface area contributed by atoms with E-state index in [0.717, 1.165) is 12.8 Å². The Hall–Kier alpha value is -1.55. The van der Waals surface area contributed by atoms with Crippen molar-refractivity contribution >= 4 is 5.91 Å². The topological polar surface area (TPSA) is 69.6 Å². The van der Waals surface area contributed by atoms with Crippen molar-refractivity contribution in [2.45, 2.75) is 18.9 Å². The van der Waals surface area contributed by atoms with Crippen molar-refractivity contribution in [3.8, 4) is 5.75 Å². The third-order valence-electron chi connectivity index (χ3n) is 2.87. The lowest BCUT2D eigenvalue weighted by Gasteiger charge is -2.31. The molecule has 0 heterocycles. The molecule has 3 N–H and O–H groups in total. The van der Waals surface area contributed by atoms with Crippen molar-refractivity contribution < 1.29 is 15.0 Å². The second-order valence-electron chi connectivity index (χ2n) is 4.25. The van der Waals surface area contributed by atoms with E-state index in [-0.39, 0.29) is 17.8 Å². The van der Waals surface area contributed by atoms with Gasteiger partial charge in [0.2, 0.25) is 0 Å². The number of carbonyl (C=O) groups excluding carboxylic acids is 1. The predicted molar refractivity (Wildman–Crippen MR) is 59.2 cm³/mol. The van der Waals surface area contributed by atoms with Gasteiger partial charge in [-0.05, 0) is 37.0 Å². The van der Waals surface area contributed by atoms with Crippen molar-refractivity contribution in [2.24, 2.45) is 5.92 Å². The molecule has 1 fully saturated rings. The van der Waals surface area contributed by atoms with Gasteiger partial charge in [0, 0.05) is 12.1 Å². The SMILES string of the molecule is O=C(NCC1CC(O)C1)c1cccc(O)c1. The summed E-state index contributed by atoms with van der Waals surface area (Å²) >= 11 is 0. The molecule has 2 rings (SSSR count). The molecular weight excluding hydrogens is 206 g/mol. The van der Waals surface area contributed by atoms with Crippen LogP contribution in [-0.4, -0.2) is 28.8 Å². The first-order chi connectivity index (χ1) is 7.65. The van der Waals surface area contributed by atoms with Crippen LogP contribution in [-0.2, 0) is 0 Å². The minimum Gasteiger partial charge on any atom is -0.508 e. The Morgan fingerprint density at radius 3 is 2.81 bits per heavy atom. The summed E-state index contributed by atoms with van der Waals surface area (Å²) in [4.78, 5) is 11.6. The summed E-state index contributed by atoms with van der Waals surface area (Å²) in [6.07, 6.45) is 1.34. The van der Waals surface area contributed by atoms with Crippen LogP contribution in [0.2, 0.25) is 0 Å². The van der Waals surface area contributed by atoms with E-state index < -0.39 is 0 Å². The lowest BCUT2D eigenvalue weighted by Crippen LogP contribution is -2.38. The molecular formula is C12H15NO3. The standard InChI is InChI=1S/C12H15NO3/c14-10-3-1-2-9(6-10)12(16)13-7-8-4-11(15)5-8/h1-3,6,8,11,14-15H,4-5,7H2,(H,13,16). The van der Waals surface area contributed by atoms with E-state index in [4.69, 9.17) is 5.11 Å². The molecule has 4 nitrogen and oxygen atoms in total. The van der Waals surface area contributed by atoms with Gasteiger partial charge in [0.05, 0.1) is 6.10 Å². The fourth-order valence-electron chi connectivity index (χ4n) is 1.85. The van der Waals surface area contributed by atoms with E-state index in [2.05, 4.69) is 5.32 Å². The quantitative estimate of drug-likeness (QED) is 0.710. The van der Waals surface area contributed by atoms with Gasteiger partial charge >= 0.3 is 0 Å². The Balaban J connectivity index is 1.84. The van der Waals surface area contributed by atoms with Crippen LogP contribution < -0.4 is 5.32 Å². The first kappa shape index (κ1) is 11.0. The number of aliphatic hydroxyl groups is 1. The summed E-state index contributed by atoms with van der Waals surface area (Å²) < 4.78 is 0. The molecule has 1 saturated carbocycles. The monoisotopic (exact) mass is 221 g/mol. The Bertz CT molecular complexity index is 386. The summed E-state index contributed by atoms with van der Waals surface area (Å²) in [7, 11) is 0. The third-order valence-corrected chi connectivity index (χ3v) is 2.87. The third kappa shape index (κ3) is 2.52.